The van der Waals surface area contributed by atoms with Gasteiger partial charge in [-0.05, 0) is 5.92 Å². The predicted molar refractivity (Wildman–Crippen MR) is 58.4 cm³/mol. The van der Waals surface area contributed by atoms with E-state index in [0.29, 0.717) is 18.3 Å². The Morgan fingerprint density at radius 2 is 2.25 bits per heavy atom. The van der Waals surface area contributed by atoms with Crippen molar-refractivity contribution in [3.8, 4) is 0 Å². The van der Waals surface area contributed by atoms with Crippen LogP contribution in [0.2, 0.25) is 0 Å². The van der Waals surface area contributed by atoms with E-state index in [1.165, 1.54) is 0 Å². The van der Waals surface area contributed by atoms with Crippen LogP contribution in [0.3, 0.4) is 0 Å². The fraction of sp³-hybridized carbons (Fsp3) is 0.556. The Morgan fingerprint density at radius 3 is 2.88 bits per heavy atom. The van der Waals surface area contributed by atoms with Crippen molar-refractivity contribution in [1.82, 2.24) is 29.8 Å². The van der Waals surface area contributed by atoms with Gasteiger partial charge in [-0.25, -0.2) is 14.3 Å². The molecule has 0 saturated carbocycles. The molecule has 2 rings (SSSR count). The maximum absolute atomic E-state index is 5.49. The molecule has 2 N–H and O–H groups in total. The van der Waals surface area contributed by atoms with Crippen molar-refractivity contribution < 1.29 is 0 Å². The topological polar surface area (TPSA) is 87.4 Å². The summed E-state index contributed by atoms with van der Waals surface area (Å²) >= 11 is 0. The molecule has 7 nitrogen and oxygen atoms in total. The van der Waals surface area contributed by atoms with Crippen LogP contribution >= 0.6 is 0 Å². The van der Waals surface area contributed by atoms with Gasteiger partial charge < -0.3 is 5.73 Å². The molecule has 0 unspecified atom stereocenters. The van der Waals surface area contributed by atoms with Gasteiger partial charge in [0, 0.05) is 6.54 Å². The van der Waals surface area contributed by atoms with Gasteiger partial charge in [0.2, 0.25) is 0 Å². The molecule has 0 aliphatic heterocycles. The van der Waals surface area contributed by atoms with Crippen LogP contribution in [0.5, 0.6) is 0 Å². The summed E-state index contributed by atoms with van der Waals surface area (Å²) in [5, 5.41) is 11.8. The van der Waals surface area contributed by atoms with Crippen molar-refractivity contribution in [3.05, 3.63) is 18.3 Å². The zero-order chi connectivity index (χ0) is 11.5. The summed E-state index contributed by atoms with van der Waals surface area (Å²) in [6.07, 6.45) is 3.23. The smallest absolute Gasteiger partial charge is 0.165 e. The number of nitrogen functional groups attached to an aromatic ring is 1. The fourth-order valence-electron chi connectivity index (χ4n) is 1.44. The number of hydrogen-bond acceptors (Lipinski definition) is 5. The van der Waals surface area contributed by atoms with E-state index in [9.17, 15) is 0 Å². The van der Waals surface area contributed by atoms with Gasteiger partial charge >= 0.3 is 0 Å². The Morgan fingerprint density at radius 1 is 1.44 bits per heavy atom. The highest BCUT2D eigenvalue weighted by Crippen LogP contribution is 2.03. The predicted octanol–water partition coefficient (Wildman–Crippen LogP) is 0.156. The molecule has 0 atom stereocenters. The van der Waals surface area contributed by atoms with E-state index >= 15 is 0 Å². The molecule has 2 aromatic rings. The van der Waals surface area contributed by atoms with Gasteiger partial charge in [0.1, 0.15) is 18.7 Å². The minimum Gasteiger partial charge on any atom is -0.381 e. The molecule has 0 bridgehead atoms. The van der Waals surface area contributed by atoms with Gasteiger partial charge in [-0.3, -0.25) is 0 Å². The van der Waals surface area contributed by atoms with E-state index in [1.807, 2.05) is 4.68 Å². The molecular formula is C9H15N7. The van der Waals surface area contributed by atoms with Crippen LogP contribution in [0.4, 0.5) is 5.82 Å². The van der Waals surface area contributed by atoms with Crippen LogP contribution in [0.25, 0.3) is 0 Å². The normalized spacial score (nSPS) is 11.2. The molecule has 0 aliphatic carbocycles. The fourth-order valence-corrected chi connectivity index (χ4v) is 1.44. The summed E-state index contributed by atoms with van der Waals surface area (Å²) in [5.41, 5.74) is 5.49. The summed E-state index contributed by atoms with van der Waals surface area (Å²) < 4.78 is 3.53. The maximum Gasteiger partial charge on any atom is 0.165 e. The summed E-state index contributed by atoms with van der Waals surface area (Å²) in [7, 11) is 0. The molecule has 2 heterocycles. The van der Waals surface area contributed by atoms with Gasteiger partial charge in [-0.1, -0.05) is 19.1 Å². The third kappa shape index (κ3) is 2.36. The van der Waals surface area contributed by atoms with E-state index < -0.39 is 0 Å². The van der Waals surface area contributed by atoms with Crippen LogP contribution in [0.15, 0.2) is 12.5 Å². The molecule has 0 amide bonds. The van der Waals surface area contributed by atoms with Crippen molar-refractivity contribution in [2.75, 3.05) is 5.73 Å². The largest absolute Gasteiger partial charge is 0.381 e. The zero-order valence-corrected chi connectivity index (χ0v) is 9.41. The Kier molecular flexibility index (Phi) is 2.84. The van der Waals surface area contributed by atoms with Gasteiger partial charge in [0.05, 0.1) is 6.20 Å². The molecule has 86 valence electrons. The molecular weight excluding hydrogens is 206 g/mol. The second-order valence-electron chi connectivity index (χ2n) is 4.09. The Hall–Kier alpha value is -1.92. The lowest BCUT2D eigenvalue weighted by Gasteiger charge is -2.07. The molecule has 0 radical (unpaired) electrons. The Labute approximate surface area is 93.3 Å². The third-order valence-corrected chi connectivity index (χ3v) is 2.09. The molecule has 0 fully saturated rings. The number of hydrogen-bond donors (Lipinski definition) is 1. The van der Waals surface area contributed by atoms with Crippen molar-refractivity contribution in [2.24, 2.45) is 5.92 Å². The average Bonchev–Trinajstić information content (AvgIpc) is 2.77. The number of nitrogens with zero attached hydrogens (tertiary/aromatic N) is 6. The van der Waals surface area contributed by atoms with Gasteiger partial charge in [-0.15, -0.1) is 5.10 Å². The highest BCUT2D eigenvalue weighted by atomic mass is 15.4. The standard InChI is InChI=1S/C9H15N7/c1-7(2)3-16-9(11-6-12-16)5-15-4-8(10)13-14-15/h4,6-7H,3,5,10H2,1-2H3. The number of nitrogens with two attached hydrogens (primary N) is 1. The number of rotatable bonds is 4. The summed E-state index contributed by atoms with van der Waals surface area (Å²) in [6.45, 7) is 5.66. The summed E-state index contributed by atoms with van der Waals surface area (Å²) in [5.74, 6) is 1.80. The third-order valence-electron chi connectivity index (χ3n) is 2.09. The van der Waals surface area contributed by atoms with Crippen LogP contribution in [0, 0.1) is 5.92 Å². The lowest BCUT2D eigenvalue weighted by Crippen LogP contribution is -2.13. The average molecular weight is 221 g/mol. The highest BCUT2D eigenvalue weighted by Gasteiger charge is 2.07. The molecule has 2 aromatic heterocycles. The molecule has 0 aliphatic rings. The first-order valence-electron chi connectivity index (χ1n) is 5.17. The Bertz CT molecular complexity index is 456. The van der Waals surface area contributed by atoms with Crippen molar-refractivity contribution >= 4 is 5.82 Å². The van der Waals surface area contributed by atoms with Gasteiger partial charge in [0.25, 0.3) is 0 Å². The molecule has 16 heavy (non-hydrogen) atoms. The summed E-state index contributed by atoms with van der Waals surface area (Å²) in [6, 6.07) is 0. The lowest BCUT2D eigenvalue weighted by molar-refractivity contribution is 0.455. The maximum atomic E-state index is 5.49. The van der Waals surface area contributed by atoms with Crippen molar-refractivity contribution in [3.63, 3.8) is 0 Å². The lowest BCUT2D eigenvalue weighted by atomic mass is 10.2. The van der Waals surface area contributed by atoms with Crippen LogP contribution in [-0.2, 0) is 13.1 Å². The molecule has 0 spiro atoms. The number of aromatic nitrogens is 6. The van der Waals surface area contributed by atoms with Crippen LogP contribution < -0.4 is 5.73 Å². The first-order valence-corrected chi connectivity index (χ1v) is 5.17. The van der Waals surface area contributed by atoms with Gasteiger partial charge in [-0.2, -0.15) is 5.10 Å². The van der Waals surface area contributed by atoms with Crippen molar-refractivity contribution in [1.29, 1.82) is 0 Å². The van der Waals surface area contributed by atoms with E-state index in [-0.39, 0.29) is 0 Å². The zero-order valence-electron chi connectivity index (χ0n) is 9.41. The first kappa shape index (κ1) is 10.6. The second-order valence-corrected chi connectivity index (χ2v) is 4.09. The SMILES string of the molecule is CC(C)Cn1ncnc1Cn1cc(N)nn1. The highest BCUT2D eigenvalue weighted by molar-refractivity contribution is 5.20. The van der Waals surface area contributed by atoms with Gasteiger partial charge in [0.15, 0.2) is 5.82 Å². The molecule has 0 aromatic carbocycles. The minimum absolute atomic E-state index is 0.412. The van der Waals surface area contributed by atoms with E-state index in [1.54, 1.807) is 17.2 Å². The first-order chi connectivity index (χ1) is 7.65. The Balaban J connectivity index is 2.12. The van der Waals surface area contributed by atoms with Crippen molar-refractivity contribution in [2.45, 2.75) is 26.9 Å². The van der Waals surface area contributed by atoms with E-state index in [0.717, 1.165) is 12.4 Å². The second kappa shape index (κ2) is 4.30. The quantitative estimate of drug-likeness (QED) is 0.794. The molecule has 0 saturated heterocycles. The minimum atomic E-state index is 0.412. The van der Waals surface area contributed by atoms with E-state index in [2.05, 4.69) is 34.2 Å². The number of anilines is 1. The van der Waals surface area contributed by atoms with Crippen LogP contribution in [-0.4, -0.2) is 29.8 Å². The van der Waals surface area contributed by atoms with E-state index in [4.69, 9.17) is 5.73 Å². The summed E-state index contributed by atoms with van der Waals surface area (Å²) in [4.78, 5) is 4.20. The molecule has 7 heteroatoms. The monoisotopic (exact) mass is 221 g/mol. The van der Waals surface area contributed by atoms with Crippen LogP contribution in [0.1, 0.15) is 19.7 Å².